The van der Waals surface area contributed by atoms with E-state index in [-0.39, 0.29) is 19.4 Å². The van der Waals surface area contributed by atoms with Crippen molar-refractivity contribution in [2.45, 2.75) is 38.5 Å². The Hall–Kier alpha value is -4.13. The molecule has 2 atom stereocenters. The zero-order valence-corrected chi connectivity index (χ0v) is 19.1. The Morgan fingerprint density at radius 1 is 0.765 bits per heavy atom. The van der Waals surface area contributed by atoms with Crippen molar-refractivity contribution in [1.29, 1.82) is 0 Å². The topological polar surface area (TPSA) is 111 Å². The standard InChI is InChI=1S/C27H29N3O4/c1-19-9-8-14-22(15-19)17-23(25(28)31)29-26(32)24(16-20-10-4-2-5-11-20)30-27(33)34-18-21-12-6-3-7-13-21/h2-15,23-24H,16-18H2,1H3,(H2,28,31)(H,29,32)(H,30,33)/t23-,24+/m0/s1. The van der Waals surface area contributed by atoms with Gasteiger partial charge in [-0.2, -0.15) is 0 Å². The molecular weight excluding hydrogens is 430 g/mol. The van der Waals surface area contributed by atoms with Crippen LogP contribution in [0, 0.1) is 6.92 Å². The second-order valence-corrected chi connectivity index (χ2v) is 8.11. The number of alkyl carbamates (subject to hydrolysis) is 1. The van der Waals surface area contributed by atoms with Crippen molar-refractivity contribution < 1.29 is 19.1 Å². The molecule has 3 amide bonds. The number of primary amides is 1. The highest BCUT2D eigenvalue weighted by molar-refractivity contribution is 5.91. The number of carbonyl (C=O) groups excluding carboxylic acids is 3. The van der Waals surface area contributed by atoms with Gasteiger partial charge in [0.05, 0.1) is 0 Å². The number of benzene rings is 3. The molecule has 7 nitrogen and oxygen atoms in total. The molecule has 0 unspecified atom stereocenters. The molecule has 0 fully saturated rings. The molecule has 3 rings (SSSR count). The number of carbonyl (C=O) groups is 3. The Labute approximate surface area is 199 Å². The van der Waals surface area contributed by atoms with Crippen LogP contribution in [0.3, 0.4) is 0 Å². The minimum Gasteiger partial charge on any atom is -0.445 e. The second-order valence-electron chi connectivity index (χ2n) is 8.11. The van der Waals surface area contributed by atoms with Crippen LogP contribution in [0.4, 0.5) is 4.79 Å². The predicted molar refractivity (Wildman–Crippen MR) is 130 cm³/mol. The summed E-state index contributed by atoms with van der Waals surface area (Å²) in [7, 11) is 0. The Morgan fingerprint density at radius 2 is 1.35 bits per heavy atom. The zero-order chi connectivity index (χ0) is 24.3. The molecule has 0 saturated heterocycles. The molecule has 4 N–H and O–H groups in total. The van der Waals surface area contributed by atoms with Gasteiger partial charge < -0.3 is 21.1 Å². The minimum absolute atomic E-state index is 0.0730. The van der Waals surface area contributed by atoms with Crippen LogP contribution >= 0.6 is 0 Å². The largest absolute Gasteiger partial charge is 0.445 e. The molecule has 0 radical (unpaired) electrons. The normalized spacial score (nSPS) is 12.3. The fraction of sp³-hybridized carbons (Fsp3) is 0.222. The summed E-state index contributed by atoms with van der Waals surface area (Å²) in [6, 6.07) is 24.3. The van der Waals surface area contributed by atoms with Gasteiger partial charge in [-0.3, -0.25) is 9.59 Å². The molecule has 0 saturated carbocycles. The van der Waals surface area contributed by atoms with Gasteiger partial charge in [0.25, 0.3) is 0 Å². The molecule has 0 aromatic heterocycles. The van der Waals surface area contributed by atoms with Crippen molar-refractivity contribution in [3.63, 3.8) is 0 Å². The number of hydrogen-bond donors (Lipinski definition) is 3. The van der Waals surface area contributed by atoms with E-state index in [9.17, 15) is 14.4 Å². The number of nitrogens with one attached hydrogen (secondary N) is 2. The lowest BCUT2D eigenvalue weighted by Crippen LogP contribution is -2.54. The maximum absolute atomic E-state index is 13.1. The number of aryl methyl sites for hydroxylation is 1. The molecule has 176 valence electrons. The number of ether oxygens (including phenoxy) is 1. The van der Waals surface area contributed by atoms with Crippen LogP contribution in [0.5, 0.6) is 0 Å². The summed E-state index contributed by atoms with van der Waals surface area (Å²) >= 11 is 0. The summed E-state index contributed by atoms with van der Waals surface area (Å²) in [5.41, 5.74) is 9.16. The van der Waals surface area contributed by atoms with Gasteiger partial charge >= 0.3 is 6.09 Å². The van der Waals surface area contributed by atoms with E-state index < -0.39 is 30.0 Å². The lowest BCUT2D eigenvalue weighted by atomic mass is 10.0. The summed E-state index contributed by atoms with van der Waals surface area (Å²) in [5.74, 6) is -1.17. The number of nitrogens with two attached hydrogens (primary N) is 1. The third kappa shape index (κ3) is 7.78. The van der Waals surface area contributed by atoms with E-state index in [1.807, 2.05) is 91.9 Å². The summed E-state index contributed by atoms with van der Waals surface area (Å²) in [4.78, 5) is 37.7. The van der Waals surface area contributed by atoms with Crippen molar-refractivity contribution in [1.82, 2.24) is 10.6 Å². The van der Waals surface area contributed by atoms with E-state index in [0.717, 1.165) is 22.3 Å². The molecule has 3 aromatic carbocycles. The monoisotopic (exact) mass is 459 g/mol. The Balaban J connectivity index is 1.69. The first kappa shape index (κ1) is 24.5. The summed E-state index contributed by atoms with van der Waals surface area (Å²) < 4.78 is 5.29. The number of hydrogen-bond acceptors (Lipinski definition) is 4. The Kier molecular flexibility index (Phi) is 8.80. The Bertz CT molecular complexity index is 1100. The molecule has 7 heteroatoms. The van der Waals surface area contributed by atoms with Crippen LogP contribution in [0.2, 0.25) is 0 Å². The average molecular weight is 460 g/mol. The lowest BCUT2D eigenvalue weighted by molar-refractivity contribution is -0.128. The Morgan fingerprint density at radius 3 is 1.97 bits per heavy atom. The van der Waals surface area contributed by atoms with E-state index in [2.05, 4.69) is 10.6 Å². The smallest absolute Gasteiger partial charge is 0.408 e. The first-order chi connectivity index (χ1) is 16.4. The summed E-state index contributed by atoms with van der Waals surface area (Å²) in [6.07, 6.45) is -0.253. The zero-order valence-electron chi connectivity index (χ0n) is 19.1. The molecule has 0 aliphatic heterocycles. The fourth-order valence-electron chi connectivity index (χ4n) is 3.54. The van der Waals surface area contributed by atoms with Gasteiger partial charge in [0.1, 0.15) is 18.7 Å². The van der Waals surface area contributed by atoms with Crippen LogP contribution in [0.15, 0.2) is 84.9 Å². The third-order valence-electron chi connectivity index (χ3n) is 5.29. The van der Waals surface area contributed by atoms with Gasteiger partial charge in [-0.1, -0.05) is 90.5 Å². The lowest BCUT2D eigenvalue weighted by Gasteiger charge is -2.22. The highest BCUT2D eigenvalue weighted by atomic mass is 16.5. The molecule has 0 heterocycles. The van der Waals surface area contributed by atoms with Crippen LogP contribution in [-0.4, -0.2) is 30.0 Å². The highest BCUT2D eigenvalue weighted by Gasteiger charge is 2.26. The van der Waals surface area contributed by atoms with Crippen molar-refractivity contribution in [2.75, 3.05) is 0 Å². The third-order valence-corrected chi connectivity index (χ3v) is 5.29. The van der Waals surface area contributed by atoms with Gasteiger partial charge in [-0.05, 0) is 23.6 Å². The highest BCUT2D eigenvalue weighted by Crippen LogP contribution is 2.09. The van der Waals surface area contributed by atoms with E-state index in [1.54, 1.807) is 0 Å². The van der Waals surface area contributed by atoms with E-state index in [4.69, 9.17) is 10.5 Å². The fourth-order valence-corrected chi connectivity index (χ4v) is 3.54. The maximum atomic E-state index is 13.1. The van der Waals surface area contributed by atoms with Crippen molar-refractivity contribution in [3.05, 3.63) is 107 Å². The molecule has 3 aromatic rings. The van der Waals surface area contributed by atoms with Crippen LogP contribution in [0.1, 0.15) is 22.3 Å². The van der Waals surface area contributed by atoms with Crippen LogP contribution in [0.25, 0.3) is 0 Å². The van der Waals surface area contributed by atoms with Crippen molar-refractivity contribution >= 4 is 17.9 Å². The van der Waals surface area contributed by atoms with Crippen LogP contribution < -0.4 is 16.4 Å². The first-order valence-corrected chi connectivity index (χ1v) is 11.1. The first-order valence-electron chi connectivity index (χ1n) is 11.1. The average Bonchev–Trinajstić information content (AvgIpc) is 2.83. The van der Waals surface area contributed by atoms with Gasteiger partial charge in [-0.15, -0.1) is 0 Å². The predicted octanol–water partition coefficient (Wildman–Crippen LogP) is 3.05. The van der Waals surface area contributed by atoms with E-state index >= 15 is 0 Å². The van der Waals surface area contributed by atoms with E-state index in [1.165, 1.54) is 0 Å². The summed E-state index contributed by atoms with van der Waals surface area (Å²) in [6.45, 7) is 2.02. The quantitative estimate of drug-likeness (QED) is 0.433. The van der Waals surface area contributed by atoms with E-state index in [0.29, 0.717) is 0 Å². The second kappa shape index (κ2) is 12.2. The molecular formula is C27H29N3O4. The van der Waals surface area contributed by atoms with Gasteiger partial charge in [0, 0.05) is 12.8 Å². The van der Waals surface area contributed by atoms with Crippen molar-refractivity contribution in [3.8, 4) is 0 Å². The number of rotatable bonds is 10. The molecule has 0 aliphatic rings. The van der Waals surface area contributed by atoms with Gasteiger partial charge in [-0.25, -0.2) is 4.79 Å². The van der Waals surface area contributed by atoms with Crippen LogP contribution in [-0.2, 0) is 33.8 Å². The maximum Gasteiger partial charge on any atom is 0.408 e. The molecule has 34 heavy (non-hydrogen) atoms. The molecule has 0 spiro atoms. The summed E-state index contributed by atoms with van der Waals surface area (Å²) in [5, 5.41) is 5.33. The van der Waals surface area contributed by atoms with Gasteiger partial charge in [0.15, 0.2) is 0 Å². The molecule has 0 aliphatic carbocycles. The number of amides is 3. The molecule has 0 bridgehead atoms. The minimum atomic E-state index is -0.954. The van der Waals surface area contributed by atoms with Crippen molar-refractivity contribution in [2.24, 2.45) is 5.73 Å². The van der Waals surface area contributed by atoms with Gasteiger partial charge in [0.2, 0.25) is 11.8 Å². The SMILES string of the molecule is Cc1cccc(C[C@H](NC(=O)[C@@H](Cc2ccccc2)NC(=O)OCc2ccccc2)C(N)=O)c1.